The number of rotatable bonds is 6. The van der Waals surface area contributed by atoms with Crippen LogP contribution in [0.4, 0.5) is 0 Å². The van der Waals surface area contributed by atoms with Gasteiger partial charge in [0.15, 0.2) is 0 Å². The molecule has 0 aliphatic heterocycles. The number of aliphatic hydroxyl groups is 1. The third kappa shape index (κ3) is 4.77. The lowest BCUT2D eigenvalue weighted by atomic mass is 9.93. The number of nitrogens with zero attached hydrogens (tertiary/aromatic N) is 2. The normalized spacial score (nSPS) is 18.9. The van der Waals surface area contributed by atoms with Crippen LogP contribution >= 0.6 is 0 Å². The molecule has 19 heavy (non-hydrogen) atoms. The van der Waals surface area contributed by atoms with E-state index in [9.17, 15) is 4.79 Å². The average Bonchev–Trinajstić information content (AvgIpc) is 2.38. The Bertz CT molecular complexity index is 275. The maximum atomic E-state index is 12.5. The summed E-state index contributed by atoms with van der Waals surface area (Å²) >= 11 is 0. The molecule has 1 aliphatic rings. The number of aliphatic hydroxyl groups excluding tert-OH is 1. The first-order valence-electron chi connectivity index (χ1n) is 7.59. The summed E-state index contributed by atoms with van der Waals surface area (Å²) in [5.74, 6) is 0.199. The van der Waals surface area contributed by atoms with E-state index in [1.165, 1.54) is 19.3 Å². The van der Waals surface area contributed by atoms with Gasteiger partial charge < -0.3 is 10.0 Å². The Labute approximate surface area is 117 Å². The van der Waals surface area contributed by atoms with Crippen molar-refractivity contribution in [2.24, 2.45) is 0 Å². The van der Waals surface area contributed by atoms with Gasteiger partial charge >= 0.3 is 0 Å². The number of likely N-dealkylation sites (N-methyl/N-ethyl adjacent to an activating group) is 1. The molecule has 1 atom stereocenters. The zero-order valence-corrected chi connectivity index (χ0v) is 12.9. The molecular formula is C15H30N2O2. The van der Waals surface area contributed by atoms with Crippen LogP contribution in [0.3, 0.4) is 0 Å². The summed E-state index contributed by atoms with van der Waals surface area (Å²) in [6, 6.07) is 0.705. The molecule has 1 rings (SSSR count). The van der Waals surface area contributed by atoms with Crippen LogP contribution in [0, 0.1) is 0 Å². The van der Waals surface area contributed by atoms with E-state index >= 15 is 0 Å². The van der Waals surface area contributed by atoms with Crippen molar-refractivity contribution in [2.45, 2.75) is 71.0 Å². The van der Waals surface area contributed by atoms with Gasteiger partial charge in [0.2, 0.25) is 5.91 Å². The fourth-order valence-corrected chi connectivity index (χ4v) is 2.86. The lowest BCUT2D eigenvalue weighted by molar-refractivity contribution is -0.137. The Morgan fingerprint density at radius 3 is 2.26 bits per heavy atom. The summed E-state index contributed by atoms with van der Waals surface area (Å²) in [5, 5.41) is 9.15. The van der Waals surface area contributed by atoms with Crippen molar-refractivity contribution in [1.82, 2.24) is 9.80 Å². The molecular weight excluding hydrogens is 240 g/mol. The van der Waals surface area contributed by atoms with Crippen molar-refractivity contribution in [3.8, 4) is 0 Å². The highest BCUT2D eigenvalue weighted by molar-refractivity contribution is 5.79. The number of amides is 1. The van der Waals surface area contributed by atoms with Gasteiger partial charge in [-0.15, -0.1) is 0 Å². The SMILES string of the molecule is CC(CO)N(C)CC(=O)N(C(C)C)C1CCCCC1. The van der Waals surface area contributed by atoms with Crippen molar-refractivity contribution >= 4 is 5.91 Å². The van der Waals surface area contributed by atoms with Gasteiger partial charge in [-0.3, -0.25) is 9.69 Å². The van der Waals surface area contributed by atoms with Crippen molar-refractivity contribution in [3.05, 3.63) is 0 Å². The zero-order valence-electron chi connectivity index (χ0n) is 12.9. The van der Waals surface area contributed by atoms with E-state index in [0.717, 1.165) is 12.8 Å². The van der Waals surface area contributed by atoms with Gasteiger partial charge in [0, 0.05) is 18.1 Å². The predicted molar refractivity (Wildman–Crippen MR) is 78.0 cm³/mol. The van der Waals surface area contributed by atoms with E-state index in [0.29, 0.717) is 12.6 Å². The van der Waals surface area contributed by atoms with Gasteiger partial charge in [-0.25, -0.2) is 0 Å². The average molecular weight is 270 g/mol. The molecule has 0 saturated heterocycles. The summed E-state index contributed by atoms with van der Waals surface area (Å²) in [7, 11) is 1.90. The monoisotopic (exact) mass is 270 g/mol. The summed E-state index contributed by atoms with van der Waals surface area (Å²) in [6.45, 7) is 6.63. The third-order valence-corrected chi connectivity index (χ3v) is 4.21. The van der Waals surface area contributed by atoms with Crippen molar-refractivity contribution < 1.29 is 9.90 Å². The number of carbonyl (C=O) groups excluding carboxylic acids is 1. The molecule has 1 unspecified atom stereocenters. The second kappa shape index (κ2) is 7.85. The summed E-state index contributed by atoms with van der Waals surface area (Å²) < 4.78 is 0. The van der Waals surface area contributed by atoms with E-state index in [2.05, 4.69) is 18.7 Å². The molecule has 0 aromatic carbocycles. The Hall–Kier alpha value is -0.610. The molecule has 4 nitrogen and oxygen atoms in total. The Morgan fingerprint density at radius 1 is 1.21 bits per heavy atom. The fourth-order valence-electron chi connectivity index (χ4n) is 2.86. The smallest absolute Gasteiger partial charge is 0.237 e. The molecule has 0 heterocycles. The van der Waals surface area contributed by atoms with Crippen molar-refractivity contribution in [2.75, 3.05) is 20.2 Å². The zero-order chi connectivity index (χ0) is 14.4. The van der Waals surface area contributed by atoms with Crippen LogP contribution in [0.1, 0.15) is 52.9 Å². The molecule has 1 fully saturated rings. The van der Waals surface area contributed by atoms with Gasteiger partial charge in [-0.05, 0) is 40.7 Å². The second-order valence-electron chi connectivity index (χ2n) is 6.13. The molecule has 0 bridgehead atoms. The second-order valence-corrected chi connectivity index (χ2v) is 6.13. The van der Waals surface area contributed by atoms with Crippen LogP contribution in [0.15, 0.2) is 0 Å². The first-order valence-corrected chi connectivity index (χ1v) is 7.59. The number of hydrogen-bond donors (Lipinski definition) is 1. The summed E-state index contributed by atoms with van der Waals surface area (Å²) in [6.07, 6.45) is 6.07. The van der Waals surface area contributed by atoms with Crippen molar-refractivity contribution in [1.29, 1.82) is 0 Å². The predicted octanol–water partition coefficient (Wildman–Crippen LogP) is 1.87. The van der Waals surface area contributed by atoms with Crippen molar-refractivity contribution in [3.63, 3.8) is 0 Å². The van der Waals surface area contributed by atoms with Gasteiger partial charge in [-0.2, -0.15) is 0 Å². The standard InChI is InChI=1S/C15H30N2O2/c1-12(2)17(14-8-6-5-7-9-14)15(19)10-16(4)13(3)11-18/h12-14,18H,5-11H2,1-4H3. The molecule has 0 aromatic rings. The van der Waals surface area contributed by atoms with E-state index in [-0.39, 0.29) is 24.6 Å². The van der Waals surface area contributed by atoms with Crippen LogP contribution < -0.4 is 0 Å². The van der Waals surface area contributed by atoms with Gasteiger partial charge in [0.25, 0.3) is 0 Å². The largest absolute Gasteiger partial charge is 0.395 e. The number of hydrogen-bond acceptors (Lipinski definition) is 3. The minimum Gasteiger partial charge on any atom is -0.395 e. The van der Waals surface area contributed by atoms with E-state index < -0.39 is 0 Å². The molecule has 1 saturated carbocycles. The van der Waals surface area contributed by atoms with Crippen LogP contribution in [0.5, 0.6) is 0 Å². The maximum Gasteiger partial charge on any atom is 0.237 e. The molecule has 0 spiro atoms. The van der Waals surface area contributed by atoms with Crippen LogP contribution in [-0.4, -0.2) is 59.1 Å². The molecule has 1 amide bonds. The first-order chi connectivity index (χ1) is 8.97. The molecule has 0 radical (unpaired) electrons. The van der Waals surface area contributed by atoms with Crippen LogP contribution in [0.25, 0.3) is 0 Å². The summed E-state index contributed by atoms with van der Waals surface area (Å²) in [5.41, 5.74) is 0. The van der Waals surface area contributed by atoms with Gasteiger partial charge in [-0.1, -0.05) is 19.3 Å². The van der Waals surface area contributed by atoms with Gasteiger partial charge in [0.05, 0.1) is 13.2 Å². The third-order valence-electron chi connectivity index (χ3n) is 4.21. The lowest BCUT2D eigenvalue weighted by Crippen LogP contribution is -2.50. The Morgan fingerprint density at radius 2 is 1.79 bits per heavy atom. The highest BCUT2D eigenvalue weighted by Crippen LogP contribution is 2.24. The van der Waals surface area contributed by atoms with Crippen LogP contribution in [-0.2, 0) is 4.79 Å². The quantitative estimate of drug-likeness (QED) is 0.801. The molecule has 112 valence electrons. The molecule has 0 aromatic heterocycles. The highest BCUT2D eigenvalue weighted by atomic mass is 16.3. The minimum atomic E-state index is 0.0318. The van der Waals surface area contributed by atoms with Crippen LogP contribution in [0.2, 0.25) is 0 Å². The molecule has 4 heteroatoms. The van der Waals surface area contributed by atoms with E-state index in [4.69, 9.17) is 5.11 Å². The Balaban J connectivity index is 2.62. The minimum absolute atomic E-state index is 0.0318. The first kappa shape index (κ1) is 16.4. The molecule has 1 aliphatic carbocycles. The summed E-state index contributed by atoms with van der Waals surface area (Å²) in [4.78, 5) is 16.5. The van der Waals surface area contributed by atoms with Gasteiger partial charge in [0.1, 0.15) is 0 Å². The highest BCUT2D eigenvalue weighted by Gasteiger charge is 2.28. The fraction of sp³-hybridized carbons (Fsp3) is 0.933. The van der Waals surface area contributed by atoms with E-state index in [1.807, 2.05) is 18.9 Å². The maximum absolute atomic E-state index is 12.5. The Kier molecular flexibility index (Phi) is 6.80. The lowest BCUT2D eigenvalue weighted by Gasteiger charge is -2.38. The van der Waals surface area contributed by atoms with E-state index in [1.54, 1.807) is 0 Å². The number of carbonyl (C=O) groups is 1. The topological polar surface area (TPSA) is 43.8 Å². The molecule has 1 N–H and O–H groups in total.